The Morgan fingerprint density at radius 2 is 1.95 bits per heavy atom. The van der Waals surface area contributed by atoms with Crippen molar-refractivity contribution in [1.29, 1.82) is 0 Å². The maximum absolute atomic E-state index is 6.00. The topological polar surface area (TPSA) is 59.1 Å². The van der Waals surface area contributed by atoms with Crippen LogP contribution in [-0.2, 0) is 13.5 Å². The quantitative estimate of drug-likeness (QED) is 0.639. The highest BCUT2D eigenvalue weighted by molar-refractivity contribution is 5.08. The predicted octanol–water partition coefficient (Wildman–Crippen LogP) is 1.59. The van der Waals surface area contributed by atoms with Crippen molar-refractivity contribution in [2.24, 2.45) is 12.9 Å². The van der Waals surface area contributed by atoms with Crippen molar-refractivity contribution < 1.29 is 0 Å². The molecule has 1 unspecified atom stereocenters. The Balaban J connectivity index is 1.81. The van der Waals surface area contributed by atoms with Crippen LogP contribution in [0, 0.1) is 0 Å². The minimum Gasteiger partial charge on any atom is -0.338 e. The van der Waals surface area contributed by atoms with Gasteiger partial charge in [0.2, 0.25) is 0 Å². The van der Waals surface area contributed by atoms with Crippen molar-refractivity contribution in [3.8, 4) is 0 Å². The first kappa shape index (κ1) is 15.0. The lowest BCUT2D eigenvalue weighted by atomic mass is 9.83. The number of hydrogen-bond donors (Lipinski definition) is 2. The van der Waals surface area contributed by atoms with E-state index in [1.165, 1.54) is 58.0 Å². The van der Waals surface area contributed by atoms with Crippen LogP contribution in [0.4, 0.5) is 0 Å². The minimum atomic E-state index is 0.237. The molecule has 2 fully saturated rings. The van der Waals surface area contributed by atoms with Gasteiger partial charge in [0.15, 0.2) is 0 Å². The smallest absolute Gasteiger partial charge is 0.110 e. The van der Waals surface area contributed by atoms with E-state index < -0.39 is 0 Å². The molecule has 1 atom stereocenters. The van der Waals surface area contributed by atoms with Gasteiger partial charge in [-0.25, -0.2) is 4.98 Å². The zero-order valence-electron chi connectivity index (χ0n) is 13.2. The van der Waals surface area contributed by atoms with Crippen molar-refractivity contribution in [1.82, 2.24) is 19.9 Å². The van der Waals surface area contributed by atoms with E-state index in [1.54, 1.807) is 0 Å². The zero-order valence-corrected chi connectivity index (χ0v) is 13.2. The molecule has 1 aliphatic carbocycles. The summed E-state index contributed by atoms with van der Waals surface area (Å²) in [7, 11) is 2.07. The molecule has 21 heavy (non-hydrogen) atoms. The maximum Gasteiger partial charge on any atom is 0.110 e. The van der Waals surface area contributed by atoms with Gasteiger partial charge in [-0.05, 0) is 38.8 Å². The molecule has 2 heterocycles. The van der Waals surface area contributed by atoms with E-state index in [0.717, 1.165) is 12.2 Å². The number of nitrogens with two attached hydrogens (primary N) is 1. The number of nitrogens with zero attached hydrogens (tertiary/aromatic N) is 3. The van der Waals surface area contributed by atoms with Gasteiger partial charge in [0.1, 0.15) is 5.82 Å². The number of imidazole rings is 1. The van der Waals surface area contributed by atoms with Crippen molar-refractivity contribution in [3.63, 3.8) is 0 Å². The molecule has 1 aliphatic heterocycles. The summed E-state index contributed by atoms with van der Waals surface area (Å²) in [6, 6.07) is 0.291. The van der Waals surface area contributed by atoms with Crippen LogP contribution in [0.3, 0.4) is 0 Å². The highest BCUT2D eigenvalue weighted by atomic mass is 15.3. The van der Waals surface area contributed by atoms with Gasteiger partial charge in [0.05, 0.1) is 0 Å². The second-order valence-corrected chi connectivity index (χ2v) is 6.74. The summed E-state index contributed by atoms with van der Waals surface area (Å²) < 4.78 is 2.11. The molecule has 1 aromatic heterocycles. The van der Waals surface area contributed by atoms with Gasteiger partial charge in [0.25, 0.3) is 0 Å². The normalized spacial score (nSPS) is 24.3. The third-order valence-electron chi connectivity index (χ3n) is 5.61. The van der Waals surface area contributed by atoms with Crippen molar-refractivity contribution in [2.75, 3.05) is 13.1 Å². The number of aryl methyl sites for hydroxylation is 1. The first-order chi connectivity index (χ1) is 10.3. The van der Waals surface area contributed by atoms with Gasteiger partial charge >= 0.3 is 0 Å². The fourth-order valence-corrected chi connectivity index (χ4v) is 4.39. The highest BCUT2D eigenvalue weighted by Gasteiger charge is 2.46. The van der Waals surface area contributed by atoms with Crippen LogP contribution >= 0.6 is 0 Å². The fourth-order valence-electron chi connectivity index (χ4n) is 4.39. The van der Waals surface area contributed by atoms with Gasteiger partial charge in [-0.3, -0.25) is 16.2 Å². The predicted molar refractivity (Wildman–Crippen MR) is 84.6 cm³/mol. The molecule has 5 nitrogen and oxygen atoms in total. The van der Waals surface area contributed by atoms with Gasteiger partial charge < -0.3 is 4.57 Å². The Labute approximate surface area is 127 Å². The summed E-state index contributed by atoms with van der Waals surface area (Å²) in [5.41, 5.74) is 3.39. The largest absolute Gasteiger partial charge is 0.338 e. The molecule has 2 aliphatic rings. The summed E-state index contributed by atoms with van der Waals surface area (Å²) in [6.07, 6.45) is 14.1. The number of piperidine rings is 1. The molecular weight excluding hydrogens is 262 g/mol. The van der Waals surface area contributed by atoms with E-state index in [4.69, 9.17) is 5.84 Å². The number of rotatable bonds is 5. The summed E-state index contributed by atoms with van der Waals surface area (Å²) in [5, 5.41) is 0. The van der Waals surface area contributed by atoms with Gasteiger partial charge in [-0.2, -0.15) is 0 Å². The summed E-state index contributed by atoms with van der Waals surface area (Å²) in [6.45, 7) is 2.47. The molecule has 118 valence electrons. The van der Waals surface area contributed by atoms with Crippen LogP contribution in [0.15, 0.2) is 12.4 Å². The molecule has 5 heteroatoms. The lowest BCUT2D eigenvalue weighted by Gasteiger charge is -2.48. The third-order valence-corrected chi connectivity index (χ3v) is 5.61. The van der Waals surface area contributed by atoms with Crippen molar-refractivity contribution in [3.05, 3.63) is 18.2 Å². The number of likely N-dealkylation sites (tertiary alicyclic amines) is 1. The van der Waals surface area contributed by atoms with E-state index in [1.807, 2.05) is 12.4 Å². The molecule has 3 rings (SSSR count). The molecule has 0 bridgehead atoms. The number of hydrazine groups is 1. The van der Waals surface area contributed by atoms with Crippen LogP contribution in [0.1, 0.15) is 50.8 Å². The first-order valence-corrected chi connectivity index (χ1v) is 8.44. The highest BCUT2D eigenvalue weighted by Crippen LogP contribution is 2.40. The average molecular weight is 291 g/mol. The molecule has 0 amide bonds. The van der Waals surface area contributed by atoms with Crippen LogP contribution in [-0.4, -0.2) is 39.1 Å². The van der Waals surface area contributed by atoms with Crippen molar-refractivity contribution in [2.45, 2.75) is 62.9 Å². The van der Waals surface area contributed by atoms with E-state index in [0.29, 0.717) is 6.04 Å². The summed E-state index contributed by atoms with van der Waals surface area (Å²) in [5.74, 6) is 7.12. The molecule has 3 N–H and O–H groups in total. The number of nitrogens with one attached hydrogen (secondary N) is 1. The third kappa shape index (κ3) is 2.87. The Hall–Kier alpha value is -0.910. The first-order valence-electron chi connectivity index (χ1n) is 8.44. The van der Waals surface area contributed by atoms with E-state index in [2.05, 4.69) is 26.9 Å². The Kier molecular flexibility index (Phi) is 4.62. The monoisotopic (exact) mass is 291 g/mol. The van der Waals surface area contributed by atoms with Crippen LogP contribution in [0.2, 0.25) is 0 Å². The second kappa shape index (κ2) is 6.46. The Morgan fingerprint density at radius 1 is 1.24 bits per heavy atom. The Bertz CT molecular complexity index is 443. The molecular formula is C16H29N5. The van der Waals surface area contributed by atoms with Crippen LogP contribution < -0.4 is 11.3 Å². The van der Waals surface area contributed by atoms with Crippen molar-refractivity contribution >= 4 is 0 Å². The van der Waals surface area contributed by atoms with E-state index >= 15 is 0 Å². The minimum absolute atomic E-state index is 0.237. The Morgan fingerprint density at radius 3 is 2.52 bits per heavy atom. The molecule has 1 saturated carbocycles. The zero-order chi connectivity index (χ0) is 14.7. The number of hydrogen-bond acceptors (Lipinski definition) is 4. The molecule has 0 radical (unpaired) electrons. The van der Waals surface area contributed by atoms with Gasteiger partial charge in [-0.15, -0.1) is 0 Å². The average Bonchev–Trinajstić information content (AvgIpc) is 3.16. The lowest BCUT2D eigenvalue weighted by molar-refractivity contribution is 0.0358. The molecule has 0 aromatic carbocycles. The molecule has 1 aromatic rings. The molecule has 1 saturated heterocycles. The fraction of sp³-hybridized carbons (Fsp3) is 0.812. The van der Waals surface area contributed by atoms with Crippen LogP contribution in [0.5, 0.6) is 0 Å². The second-order valence-electron chi connectivity index (χ2n) is 6.74. The van der Waals surface area contributed by atoms with Crippen LogP contribution in [0.25, 0.3) is 0 Å². The summed E-state index contributed by atoms with van der Waals surface area (Å²) in [4.78, 5) is 7.23. The molecule has 0 spiro atoms. The van der Waals surface area contributed by atoms with E-state index in [9.17, 15) is 0 Å². The van der Waals surface area contributed by atoms with E-state index in [-0.39, 0.29) is 5.54 Å². The number of aromatic nitrogens is 2. The summed E-state index contributed by atoms with van der Waals surface area (Å²) >= 11 is 0. The lowest BCUT2D eigenvalue weighted by Crippen LogP contribution is -2.63. The maximum atomic E-state index is 6.00. The standard InChI is InChI=1S/C16H29N5/c1-20-12-9-18-15(20)13-14(19-17)16(7-3-4-8-16)21-10-5-2-6-11-21/h9,12,14,19H,2-8,10-11,13,17H2,1H3. The van der Waals surface area contributed by atoms with Gasteiger partial charge in [-0.1, -0.05) is 19.3 Å². The van der Waals surface area contributed by atoms with Gasteiger partial charge in [0, 0.05) is 37.4 Å². The SMILES string of the molecule is Cn1ccnc1CC(NN)C1(N2CCCCC2)CCCC1.